The number of carbonyl (C=O) groups is 1. The zero-order valence-electron chi connectivity index (χ0n) is 14.3. The van der Waals surface area contributed by atoms with Gasteiger partial charge < -0.3 is 9.88 Å². The van der Waals surface area contributed by atoms with Gasteiger partial charge in [0.25, 0.3) is 5.76 Å². The highest BCUT2D eigenvalue weighted by molar-refractivity contribution is 8.00. The Hall–Kier alpha value is -2.32. The molecule has 8 heteroatoms. The number of thioether (sulfide) groups is 2. The van der Waals surface area contributed by atoms with Crippen LogP contribution in [0.5, 0.6) is 0 Å². The van der Waals surface area contributed by atoms with Crippen molar-refractivity contribution in [1.29, 1.82) is 0 Å². The Kier molecular flexibility index (Phi) is 6.52. The summed E-state index contributed by atoms with van der Waals surface area (Å²) >= 11 is 1.81. The van der Waals surface area contributed by atoms with E-state index in [1.165, 1.54) is 11.8 Å². The van der Waals surface area contributed by atoms with Crippen LogP contribution >= 0.6 is 23.5 Å². The summed E-state index contributed by atoms with van der Waals surface area (Å²) in [6, 6.07) is 14.1. The molecule has 0 spiro atoms. The molecule has 4 nitrogen and oxygen atoms in total. The van der Waals surface area contributed by atoms with E-state index in [-0.39, 0.29) is 11.7 Å². The maximum absolute atomic E-state index is 12.3. The lowest BCUT2D eigenvalue weighted by molar-refractivity contribution is -0.113. The second-order valence-electron chi connectivity index (χ2n) is 5.52. The van der Waals surface area contributed by atoms with Crippen molar-refractivity contribution >= 4 is 46.2 Å². The van der Waals surface area contributed by atoms with Gasteiger partial charge in [-0.3, -0.25) is 4.79 Å². The maximum Gasteiger partial charge on any atom is 0.288 e. The molecule has 140 valence electrons. The van der Waals surface area contributed by atoms with E-state index in [9.17, 15) is 13.6 Å². The van der Waals surface area contributed by atoms with Gasteiger partial charge in [0, 0.05) is 17.1 Å². The summed E-state index contributed by atoms with van der Waals surface area (Å²) in [6.07, 6.45) is 1.79. The van der Waals surface area contributed by atoms with Gasteiger partial charge in [0.2, 0.25) is 5.91 Å². The van der Waals surface area contributed by atoms with Crippen molar-refractivity contribution < 1.29 is 13.6 Å². The highest BCUT2D eigenvalue weighted by Gasteiger charge is 2.12. The molecule has 1 aromatic heterocycles. The fourth-order valence-electron chi connectivity index (χ4n) is 2.52. The van der Waals surface area contributed by atoms with Crippen molar-refractivity contribution in [2.24, 2.45) is 0 Å². The summed E-state index contributed by atoms with van der Waals surface area (Å²) in [5.74, 6) is -2.46. The number of nitrogens with zero attached hydrogens (tertiary/aromatic N) is 2. The molecule has 1 heterocycles. The van der Waals surface area contributed by atoms with E-state index in [0.717, 1.165) is 16.2 Å². The van der Waals surface area contributed by atoms with E-state index >= 15 is 0 Å². The number of allylic oxidation sites excluding steroid dienone is 1. The first-order chi connectivity index (χ1) is 13.1. The van der Waals surface area contributed by atoms with Gasteiger partial charge in [-0.25, -0.2) is 4.98 Å². The average Bonchev–Trinajstić information content (AvgIpc) is 2.99. The van der Waals surface area contributed by atoms with Gasteiger partial charge in [-0.1, -0.05) is 41.7 Å². The Morgan fingerprint density at radius 1 is 1.22 bits per heavy atom. The Bertz CT molecular complexity index is 942. The number of fused-ring (bicyclic) bond motifs is 1. The van der Waals surface area contributed by atoms with Crippen LogP contribution in [0.4, 0.5) is 14.5 Å². The molecule has 2 aromatic carbocycles. The quantitative estimate of drug-likeness (QED) is 0.410. The molecule has 1 amide bonds. The van der Waals surface area contributed by atoms with E-state index in [2.05, 4.69) is 16.9 Å². The van der Waals surface area contributed by atoms with Gasteiger partial charge in [0.05, 0.1) is 16.8 Å². The number of para-hydroxylation sites is 2. The normalized spacial score (nSPS) is 11.1. The minimum absolute atomic E-state index is 0.188. The highest BCUT2D eigenvalue weighted by atomic mass is 32.2. The Balaban J connectivity index is 1.63. The number of carbonyl (C=O) groups excluding carboxylic acids is 1. The molecular formula is C19H17F2N3OS2. The SMILES string of the molecule is C=CCn1c(SCC(=O)Nc2ccc(SC(F)F)cc2)nc2ccccc21. The summed E-state index contributed by atoms with van der Waals surface area (Å²) in [5, 5.41) is 3.51. The Labute approximate surface area is 164 Å². The summed E-state index contributed by atoms with van der Waals surface area (Å²) in [6.45, 7) is 4.38. The average molecular weight is 405 g/mol. The van der Waals surface area contributed by atoms with E-state index in [0.29, 0.717) is 28.9 Å². The third kappa shape index (κ3) is 5.11. The van der Waals surface area contributed by atoms with Crippen LogP contribution < -0.4 is 5.32 Å². The molecule has 0 saturated heterocycles. The van der Waals surface area contributed by atoms with E-state index in [4.69, 9.17) is 0 Å². The van der Waals surface area contributed by atoms with Gasteiger partial charge in [0.1, 0.15) is 0 Å². The van der Waals surface area contributed by atoms with Gasteiger partial charge in [-0.15, -0.1) is 6.58 Å². The van der Waals surface area contributed by atoms with E-state index in [1.54, 1.807) is 30.3 Å². The van der Waals surface area contributed by atoms with Crippen LogP contribution in [0.2, 0.25) is 0 Å². The van der Waals surface area contributed by atoms with Crippen LogP contribution in [0.15, 0.2) is 71.2 Å². The number of benzene rings is 2. The van der Waals surface area contributed by atoms with Crippen LogP contribution in [-0.4, -0.2) is 27.0 Å². The predicted molar refractivity (Wildman–Crippen MR) is 108 cm³/mol. The molecule has 0 aliphatic heterocycles. The predicted octanol–water partition coefficient (Wildman–Crippen LogP) is 5.27. The lowest BCUT2D eigenvalue weighted by Crippen LogP contribution is -2.14. The summed E-state index contributed by atoms with van der Waals surface area (Å²) in [5.41, 5.74) is 2.43. The molecule has 0 fully saturated rings. The van der Waals surface area contributed by atoms with Crippen LogP contribution in [-0.2, 0) is 11.3 Å². The monoisotopic (exact) mass is 405 g/mol. The number of alkyl halides is 2. The maximum atomic E-state index is 12.3. The molecule has 0 aliphatic carbocycles. The fourth-order valence-corrected chi connectivity index (χ4v) is 3.84. The number of nitrogens with one attached hydrogen (secondary N) is 1. The van der Waals surface area contributed by atoms with Gasteiger partial charge in [-0.05, 0) is 36.4 Å². The summed E-state index contributed by atoms with van der Waals surface area (Å²) < 4.78 is 26.7. The van der Waals surface area contributed by atoms with E-state index in [1.807, 2.05) is 28.8 Å². The number of amides is 1. The first-order valence-electron chi connectivity index (χ1n) is 8.10. The first-order valence-corrected chi connectivity index (χ1v) is 9.97. The second kappa shape index (κ2) is 9.05. The third-order valence-electron chi connectivity index (χ3n) is 3.63. The van der Waals surface area contributed by atoms with Crippen LogP contribution in [0.1, 0.15) is 0 Å². The van der Waals surface area contributed by atoms with Crippen LogP contribution in [0.3, 0.4) is 0 Å². The number of halogens is 2. The van der Waals surface area contributed by atoms with Crippen molar-refractivity contribution in [2.75, 3.05) is 11.1 Å². The minimum Gasteiger partial charge on any atom is -0.325 e. The number of aromatic nitrogens is 2. The molecule has 27 heavy (non-hydrogen) atoms. The van der Waals surface area contributed by atoms with Crippen molar-refractivity contribution in [3.63, 3.8) is 0 Å². The largest absolute Gasteiger partial charge is 0.325 e. The zero-order chi connectivity index (χ0) is 19.2. The van der Waals surface area contributed by atoms with Crippen molar-refractivity contribution in [3.05, 3.63) is 61.2 Å². The number of anilines is 1. The molecule has 0 unspecified atom stereocenters. The Morgan fingerprint density at radius 3 is 2.67 bits per heavy atom. The van der Waals surface area contributed by atoms with Crippen molar-refractivity contribution in [2.45, 2.75) is 22.4 Å². The van der Waals surface area contributed by atoms with Gasteiger partial charge in [0.15, 0.2) is 5.16 Å². The standard InChI is InChI=1S/C19H17F2N3OS2/c1-2-11-24-16-6-4-3-5-15(16)23-19(24)26-12-17(25)22-13-7-9-14(10-8-13)27-18(20)21/h2-10,18H,1,11-12H2,(H,22,25). The molecule has 3 aromatic rings. The van der Waals surface area contributed by atoms with Crippen molar-refractivity contribution in [3.8, 4) is 0 Å². The lowest BCUT2D eigenvalue weighted by Gasteiger charge is -2.08. The number of hydrogen-bond acceptors (Lipinski definition) is 4. The topological polar surface area (TPSA) is 46.9 Å². The van der Waals surface area contributed by atoms with Gasteiger partial charge in [-0.2, -0.15) is 8.78 Å². The minimum atomic E-state index is -2.46. The Morgan fingerprint density at radius 2 is 1.96 bits per heavy atom. The third-order valence-corrected chi connectivity index (χ3v) is 5.33. The van der Waals surface area contributed by atoms with Crippen molar-refractivity contribution in [1.82, 2.24) is 9.55 Å². The van der Waals surface area contributed by atoms with Crippen LogP contribution in [0, 0.1) is 0 Å². The summed E-state index contributed by atoms with van der Waals surface area (Å²) in [7, 11) is 0. The smallest absolute Gasteiger partial charge is 0.288 e. The molecule has 0 atom stereocenters. The van der Waals surface area contributed by atoms with Gasteiger partial charge >= 0.3 is 0 Å². The number of imidazole rings is 1. The lowest BCUT2D eigenvalue weighted by atomic mass is 10.3. The second-order valence-corrected chi connectivity index (χ2v) is 7.53. The summed E-state index contributed by atoms with van der Waals surface area (Å²) in [4.78, 5) is 17.2. The molecular weight excluding hydrogens is 388 g/mol. The number of hydrogen-bond donors (Lipinski definition) is 1. The van der Waals surface area contributed by atoms with Crippen LogP contribution in [0.25, 0.3) is 11.0 Å². The zero-order valence-corrected chi connectivity index (χ0v) is 15.9. The fraction of sp³-hybridized carbons (Fsp3) is 0.158. The number of rotatable bonds is 8. The molecule has 0 saturated carbocycles. The molecule has 0 aliphatic rings. The first kappa shape index (κ1) is 19.4. The highest BCUT2D eigenvalue weighted by Crippen LogP contribution is 2.27. The van der Waals surface area contributed by atoms with E-state index < -0.39 is 5.76 Å². The molecule has 3 rings (SSSR count). The molecule has 0 bridgehead atoms. The molecule has 0 radical (unpaired) electrons. The molecule has 1 N–H and O–H groups in total.